The van der Waals surface area contributed by atoms with Crippen LogP contribution in [0.3, 0.4) is 0 Å². The second-order valence-electron chi connectivity index (χ2n) is 6.67. The molecule has 1 fully saturated rings. The Morgan fingerprint density at radius 3 is 2.77 bits per heavy atom. The summed E-state index contributed by atoms with van der Waals surface area (Å²) in [6, 6.07) is 8.89. The van der Waals surface area contributed by atoms with Crippen molar-refractivity contribution in [1.29, 1.82) is 0 Å². The summed E-state index contributed by atoms with van der Waals surface area (Å²) >= 11 is 0. The number of nitrogens with zero attached hydrogens (tertiary/aromatic N) is 2. The monoisotopic (exact) mass is 474 g/mol. The molecule has 0 aliphatic carbocycles. The Morgan fingerprint density at radius 2 is 2.08 bits per heavy atom. The number of ether oxygens (including phenoxy) is 1. The third-order valence-electron chi connectivity index (χ3n) is 4.79. The molecule has 6 heteroatoms. The summed E-state index contributed by atoms with van der Waals surface area (Å²) in [5.74, 6) is 1.51. The van der Waals surface area contributed by atoms with E-state index in [1.807, 2.05) is 12.1 Å². The molecule has 1 aromatic rings. The standard InChI is InChI=1S/C20H34N4O.HI/c1-3-5-15-25-19-10-8-17(9-11-19)12-13-22-20(21)23-16-18-7-6-14-24(18)4-2;/h8-11,18H,3-7,12-16H2,1-2H3,(H3,21,22,23);1H. The number of nitrogens with one attached hydrogen (secondary N) is 1. The van der Waals surface area contributed by atoms with Crippen LogP contribution in [0.2, 0.25) is 0 Å². The molecular formula is C20H35IN4O. The number of unbranched alkanes of at least 4 members (excludes halogenated alkanes) is 1. The SMILES string of the molecule is CCCCOc1ccc(CCNC(N)=NCC2CCCN2CC)cc1.I. The molecule has 26 heavy (non-hydrogen) atoms. The highest BCUT2D eigenvalue weighted by Gasteiger charge is 2.22. The molecular weight excluding hydrogens is 439 g/mol. The minimum absolute atomic E-state index is 0. The Morgan fingerprint density at radius 1 is 1.31 bits per heavy atom. The van der Waals surface area contributed by atoms with Gasteiger partial charge in [-0.25, -0.2) is 0 Å². The smallest absolute Gasteiger partial charge is 0.188 e. The number of aliphatic imine (C=N–C) groups is 1. The maximum Gasteiger partial charge on any atom is 0.188 e. The van der Waals surface area contributed by atoms with Gasteiger partial charge < -0.3 is 15.8 Å². The third-order valence-corrected chi connectivity index (χ3v) is 4.79. The molecule has 0 aromatic heterocycles. The zero-order valence-electron chi connectivity index (χ0n) is 16.2. The van der Waals surface area contributed by atoms with Gasteiger partial charge >= 0.3 is 0 Å². The molecule has 1 aliphatic rings. The van der Waals surface area contributed by atoms with E-state index in [2.05, 4.69) is 41.2 Å². The fraction of sp³-hybridized carbons (Fsp3) is 0.650. The van der Waals surface area contributed by atoms with Gasteiger partial charge in [-0.1, -0.05) is 32.4 Å². The van der Waals surface area contributed by atoms with Crippen LogP contribution in [-0.2, 0) is 6.42 Å². The van der Waals surface area contributed by atoms with Crippen LogP contribution in [0.5, 0.6) is 5.75 Å². The first-order valence-corrected chi connectivity index (χ1v) is 9.72. The van der Waals surface area contributed by atoms with Crippen LogP contribution in [0.15, 0.2) is 29.3 Å². The number of nitrogens with two attached hydrogens (primary N) is 1. The van der Waals surface area contributed by atoms with E-state index in [1.165, 1.54) is 24.9 Å². The second kappa shape index (κ2) is 13.2. The van der Waals surface area contributed by atoms with E-state index in [9.17, 15) is 0 Å². The first-order chi connectivity index (χ1) is 12.2. The fourth-order valence-electron chi connectivity index (χ4n) is 3.20. The van der Waals surface area contributed by atoms with Gasteiger partial charge in [0.05, 0.1) is 13.2 Å². The number of hydrogen-bond donors (Lipinski definition) is 2. The summed E-state index contributed by atoms with van der Waals surface area (Å²) in [5.41, 5.74) is 7.27. The zero-order chi connectivity index (χ0) is 17.9. The summed E-state index contributed by atoms with van der Waals surface area (Å²) in [5, 5.41) is 3.22. The lowest BCUT2D eigenvalue weighted by atomic mass is 10.1. The van der Waals surface area contributed by atoms with Crippen molar-refractivity contribution in [1.82, 2.24) is 10.2 Å². The molecule has 2 rings (SSSR count). The van der Waals surface area contributed by atoms with Crippen molar-refractivity contribution in [2.24, 2.45) is 10.7 Å². The number of hydrogen-bond acceptors (Lipinski definition) is 3. The van der Waals surface area contributed by atoms with Crippen LogP contribution >= 0.6 is 24.0 Å². The van der Waals surface area contributed by atoms with E-state index in [4.69, 9.17) is 10.5 Å². The van der Waals surface area contributed by atoms with Gasteiger partial charge in [-0.15, -0.1) is 24.0 Å². The summed E-state index contributed by atoms with van der Waals surface area (Å²) in [7, 11) is 0. The highest BCUT2D eigenvalue weighted by Crippen LogP contribution is 2.16. The van der Waals surface area contributed by atoms with Crippen molar-refractivity contribution in [2.75, 3.05) is 32.8 Å². The molecule has 0 radical (unpaired) electrons. The van der Waals surface area contributed by atoms with Crippen LogP contribution in [0.4, 0.5) is 0 Å². The van der Waals surface area contributed by atoms with Crippen LogP contribution < -0.4 is 15.8 Å². The lowest BCUT2D eigenvalue weighted by Gasteiger charge is -2.20. The largest absolute Gasteiger partial charge is 0.494 e. The topological polar surface area (TPSA) is 62.9 Å². The minimum atomic E-state index is 0. The summed E-state index contributed by atoms with van der Waals surface area (Å²) < 4.78 is 5.68. The van der Waals surface area contributed by atoms with Crippen molar-refractivity contribution in [3.05, 3.63) is 29.8 Å². The summed E-state index contributed by atoms with van der Waals surface area (Å²) in [6.45, 7) is 9.07. The predicted molar refractivity (Wildman–Crippen MR) is 121 cm³/mol. The third kappa shape index (κ3) is 8.12. The molecule has 3 N–H and O–H groups in total. The summed E-state index contributed by atoms with van der Waals surface area (Å²) in [4.78, 5) is 7.00. The maximum atomic E-state index is 6.00. The van der Waals surface area contributed by atoms with Gasteiger partial charge in [0.15, 0.2) is 5.96 Å². The summed E-state index contributed by atoms with van der Waals surface area (Å²) in [6.07, 6.45) is 5.69. The molecule has 1 aliphatic heterocycles. The Bertz CT molecular complexity index is 521. The van der Waals surface area contributed by atoms with Gasteiger partial charge in [-0.05, 0) is 56.5 Å². The van der Waals surface area contributed by atoms with Gasteiger partial charge in [0.1, 0.15) is 5.75 Å². The van der Waals surface area contributed by atoms with E-state index < -0.39 is 0 Å². The number of guanidine groups is 1. The van der Waals surface area contributed by atoms with E-state index in [1.54, 1.807) is 0 Å². The van der Waals surface area contributed by atoms with Crippen LogP contribution in [0.1, 0.15) is 45.1 Å². The quantitative estimate of drug-likeness (QED) is 0.236. The molecule has 0 amide bonds. The van der Waals surface area contributed by atoms with Crippen molar-refractivity contribution in [3.8, 4) is 5.75 Å². The van der Waals surface area contributed by atoms with E-state index >= 15 is 0 Å². The second-order valence-corrected chi connectivity index (χ2v) is 6.67. The first kappa shape index (κ1) is 23.0. The van der Waals surface area contributed by atoms with Gasteiger partial charge in [0.2, 0.25) is 0 Å². The molecule has 0 spiro atoms. The van der Waals surface area contributed by atoms with Crippen molar-refractivity contribution >= 4 is 29.9 Å². The molecule has 1 heterocycles. The lowest BCUT2D eigenvalue weighted by Crippen LogP contribution is -2.36. The minimum Gasteiger partial charge on any atom is -0.494 e. The average molecular weight is 474 g/mol. The Labute approximate surface area is 175 Å². The molecule has 148 valence electrons. The first-order valence-electron chi connectivity index (χ1n) is 9.72. The molecule has 1 aromatic carbocycles. The van der Waals surface area contributed by atoms with E-state index in [0.29, 0.717) is 12.0 Å². The van der Waals surface area contributed by atoms with Gasteiger partial charge in [-0.2, -0.15) is 0 Å². The lowest BCUT2D eigenvalue weighted by molar-refractivity contribution is 0.273. The van der Waals surface area contributed by atoms with Gasteiger partial charge in [-0.3, -0.25) is 9.89 Å². The molecule has 0 saturated carbocycles. The number of rotatable bonds is 10. The Balaban J connectivity index is 0.00000338. The van der Waals surface area contributed by atoms with Gasteiger partial charge in [0, 0.05) is 12.6 Å². The molecule has 1 saturated heterocycles. The normalized spacial score (nSPS) is 17.8. The zero-order valence-corrected chi connectivity index (χ0v) is 18.6. The van der Waals surface area contributed by atoms with Crippen LogP contribution in [0, 0.1) is 0 Å². The van der Waals surface area contributed by atoms with E-state index in [0.717, 1.165) is 51.3 Å². The van der Waals surface area contributed by atoms with E-state index in [-0.39, 0.29) is 24.0 Å². The van der Waals surface area contributed by atoms with Gasteiger partial charge in [0.25, 0.3) is 0 Å². The Kier molecular flexibility index (Phi) is 11.7. The average Bonchev–Trinajstić information content (AvgIpc) is 3.09. The molecule has 0 bridgehead atoms. The van der Waals surface area contributed by atoms with Crippen molar-refractivity contribution in [2.45, 2.75) is 52.0 Å². The Hall–Kier alpha value is -1.02. The number of likely N-dealkylation sites (tertiary alicyclic amines) is 1. The fourth-order valence-corrected chi connectivity index (χ4v) is 3.20. The predicted octanol–water partition coefficient (Wildman–Crippen LogP) is 3.41. The highest BCUT2D eigenvalue weighted by atomic mass is 127. The number of halogens is 1. The van der Waals surface area contributed by atoms with Crippen molar-refractivity contribution in [3.63, 3.8) is 0 Å². The highest BCUT2D eigenvalue weighted by molar-refractivity contribution is 14.0. The number of likely N-dealkylation sites (N-methyl/N-ethyl adjacent to an activating group) is 1. The number of benzene rings is 1. The van der Waals surface area contributed by atoms with Crippen LogP contribution in [-0.4, -0.2) is 49.7 Å². The maximum absolute atomic E-state index is 6.00. The molecule has 1 atom stereocenters. The molecule has 5 nitrogen and oxygen atoms in total. The van der Waals surface area contributed by atoms with Crippen molar-refractivity contribution < 1.29 is 4.74 Å². The van der Waals surface area contributed by atoms with Crippen LogP contribution in [0.25, 0.3) is 0 Å². The molecule has 1 unspecified atom stereocenters.